The molecule has 0 saturated heterocycles. The zero-order chi connectivity index (χ0) is 12.8. The monoisotopic (exact) mass is 305 g/mol. The van der Waals surface area contributed by atoms with Crippen molar-refractivity contribution in [2.45, 2.75) is 19.8 Å². The van der Waals surface area contributed by atoms with Gasteiger partial charge < -0.3 is 10.5 Å². The van der Waals surface area contributed by atoms with Crippen LogP contribution in [0.25, 0.3) is 0 Å². The first kappa shape index (κ1) is 13.3. The van der Waals surface area contributed by atoms with E-state index in [4.69, 9.17) is 10.5 Å². The molecule has 2 N–H and O–H groups in total. The van der Waals surface area contributed by atoms with Crippen LogP contribution in [0.15, 0.2) is 53.0 Å². The fourth-order valence-electron chi connectivity index (χ4n) is 1.76. The first-order valence-corrected chi connectivity index (χ1v) is 6.68. The van der Waals surface area contributed by atoms with Gasteiger partial charge in [-0.3, -0.25) is 0 Å². The highest BCUT2D eigenvalue weighted by molar-refractivity contribution is 9.10. The first-order chi connectivity index (χ1) is 8.79. The van der Waals surface area contributed by atoms with E-state index in [9.17, 15) is 0 Å². The predicted octanol–water partition coefficient (Wildman–Crippen LogP) is 3.62. The van der Waals surface area contributed by atoms with Crippen molar-refractivity contribution in [2.75, 3.05) is 0 Å². The van der Waals surface area contributed by atoms with Crippen LogP contribution in [0.1, 0.15) is 16.7 Å². The average Bonchev–Trinajstić information content (AvgIpc) is 2.41. The molecule has 2 nitrogen and oxygen atoms in total. The maximum atomic E-state index is 5.72. The van der Waals surface area contributed by atoms with E-state index in [1.54, 1.807) is 0 Å². The largest absolute Gasteiger partial charge is 0.372 e. The quantitative estimate of drug-likeness (QED) is 0.915. The van der Waals surface area contributed by atoms with Gasteiger partial charge in [0, 0.05) is 11.0 Å². The van der Waals surface area contributed by atoms with E-state index in [0.717, 1.165) is 15.6 Å². The predicted molar refractivity (Wildman–Crippen MR) is 77.0 cm³/mol. The maximum Gasteiger partial charge on any atom is 0.0724 e. The minimum Gasteiger partial charge on any atom is -0.372 e. The molecule has 0 heterocycles. The van der Waals surface area contributed by atoms with Crippen molar-refractivity contribution in [3.63, 3.8) is 0 Å². The molecular weight excluding hydrogens is 290 g/mol. The molecule has 0 unspecified atom stereocenters. The van der Waals surface area contributed by atoms with Gasteiger partial charge in [-0.1, -0.05) is 52.3 Å². The number of benzene rings is 2. The Morgan fingerprint density at radius 3 is 2.22 bits per heavy atom. The van der Waals surface area contributed by atoms with Crippen molar-refractivity contribution in [1.29, 1.82) is 0 Å². The molecule has 0 fully saturated rings. The molecule has 0 amide bonds. The van der Waals surface area contributed by atoms with E-state index in [1.807, 2.05) is 30.3 Å². The number of halogens is 1. The van der Waals surface area contributed by atoms with Gasteiger partial charge in [0.25, 0.3) is 0 Å². The second-order valence-corrected chi connectivity index (χ2v) is 5.01. The Balaban J connectivity index is 1.90. The Kier molecular flexibility index (Phi) is 4.93. The van der Waals surface area contributed by atoms with E-state index in [2.05, 4.69) is 34.1 Å². The van der Waals surface area contributed by atoms with Gasteiger partial charge >= 0.3 is 0 Å². The Morgan fingerprint density at radius 2 is 1.56 bits per heavy atom. The lowest BCUT2D eigenvalue weighted by atomic mass is 10.1. The summed E-state index contributed by atoms with van der Waals surface area (Å²) in [5, 5.41) is 0. The van der Waals surface area contributed by atoms with Gasteiger partial charge in [-0.05, 0) is 28.8 Å². The first-order valence-electron chi connectivity index (χ1n) is 5.88. The van der Waals surface area contributed by atoms with Gasteiger partial charge in [0.1, 0.15) is 0 Å². The molecule has 0 atom stereocenters. The molecule has 2 aromatic rings. The molecule has 2 aromatic carbocycles. The molecule has 0 bridgehead atoms. The molecule has 18 heavy (non-hydrogen) atoms. The normalized spacial score (nSPS) is 10.6. The molecule has 0 aliphatic heterocycles. The molecule has 0 saturated carbocycles. The second kappa shape index (κ2) is 6.69. The van der Waals surface area contributed by atoms with E-state index >= 15 is 0 Å². The van der Waals surface area contributed by atoms with Crippen LogP contribution in [0.4, 0.5) is 0 Å². The zero-order valence-electron chi connectivity index (χ0n) is 10.1. The van der Waals surface area contributed by atoms with Gasteiger partial charge in [-0.2, -0.15) is 0 Å². The lowest BCUT2D eigenvalue weighted by Crippen LogP contribution is -2.03. The van der Waals surface area contributed by atoms with Crippen molar-refractivity contribution in [3.05, 3.63) is 69.7 Å². The van der Waals surface area contributed by atoms with Gasteiger partial charge in [-0.15, -0.1) is 0 Å². The third-order valence-corrected chi connectivity index (χ3v) is 3.31. The molecule has 0 aromatic heterocycles. The summed E-state index contributed by atoms with van der Waals surface area (Å²) in [6.07, 6.45) is 0. The summed E-state index contributed by atoms with van der Waals surface area (Å²) in [4.78, 5) is 0. The smallest absolute Gasteiger partial charge is 0.0724 e. The number of nitrogens with two attached hydrogens (primary N) is 1. The summed E-state index contributed by atoms with van der Waals surface area (Å²) in [5.74, 6) is 0. The van der Waals surface area contributed by atoms with Gasteiger partial charge in [0.05, 0.1) is 13.2 Å². The van der Waals surface area contributed by atoms with Crippen LogP contribution in [0.3, 0.4) is 0 Å². The van der Waals surface area contributed by atoms with Crippen LogP contribution >= 0.6 is 15.9 Å². The number of rotatable bonds is 5. The minimum absolute atomic E-state index is 0.553. The second-order valence-electron chi connectivity index (χ2n) is 4.09. The fraction of sp³-hybridized carbons (Fsp3) is 0.200. The van der Waals surface area contributed by atoms with Crippen LogP contribution in [0, 0.1) is 0 Å². The Hall–Kier alpha value is -1.16. The molecule has 0 aliphatic rings. The fourth-order valence-corrected chi connectivity index (χ4v) is 2.02. The van der Waals surface area contributed by atoms with Crippen LogP contribution in [-0.2, 0) is 24.5 Å². The lowest BCUT2D eigenvalue weighted by molar-refractivity contribution is 0.106. The maximum absolute atomic E-state index is 5.72. The summed E-state index contributed by atoms with van der Waals surface area (Å²) in [7, 11) is 0. The molecule has 0 spiro atoms. The lowest BCUT2D eigenvalue weighted by Gasteiger charge is -2.08. The van der Waals surface area contributed by atoms with E-state index < -0.39 is 0 Å². The number of ether oxygens (including phenoxy) is 1. The van der Waals surface area contributed by atoms with Crippen molar-refractivity contribution in [1.82, 2.24) is 0 Å². The highest BCUT2D eigenvalue weighted by Gasteiger charge is 2.00. The summed E-state index contributed by atoms with van der Waals surface area (Å²) < 4.78 is 6.80. The molecule has 2 rings (SSSR count). The van der Waals surface area contributed by atoms with Crippen LogP contribution in [0.2, 0.25) is 0 Å². The van der Waals surface area contributed by atoms with Crippen molar-refractivity contribution < 1.29 is 4.74 Å². The standard InChI is InChI=1S/C15H16BrNO/c16-15-7-5-12(6-8-15)10-18-11-14-4-2-1-3-13(14)9-17/h1-8H,9-11,17H2. The van der Waals surface area contributed by atoms with E-state index in [0.29, 0.717) is 19.8 Å². The molecule has 0 radical (unpaired) electrons. The summed E-state index contributed by atoms with van der Waals surface area (Å²) in [6, 6.07) is 16.3. The van der Waals surface area contributed by atoms with Gasteiger partial charge in [0.2, 0.25) is 0 Å². The minimum atomic E-state index is 0.553. The Labute approximate surface area is 116 Å². The van der Waals surface area contributed by atoms with Crippen LogP contribution in [0.5, 0.6) is 0 Å². The van der Waals surface area contributed by atoms with Crippen molar-refractivity contribution in [2.24, 2.45) is 5.73 Å². The summed E-state index contributed by atoms with van der Waals surface area (Å²) in [6.45, 7) is 1.77. The highest BCUT2D eigenvalue weighted by Crippen LogP contribution is 2.13. The Morgan fingerprint density at radius 1 is 0.889 bits per heavy atom. The molecule has 94 valence electrons. The SMILES string of the molecule is NCc1ccccc1COCc1ccc(Br)cc1. The highest BCUT2D eigenvalue weighted by atomic mass is 79.9. The Bertz CT molecular complexity index is 496. The summed E-state index contributed by atoms with van der Waals surface area (Å²) in [5.41, 5.74) is 9.17. The van der Waals surface area contributed by atoms with Crippen LogP contribution in [-0.4, -0.2) is 0 Å². The van der Waals surface area contributed by atoms with Crippen molar-refractivity contribution >= 4 is 15.9 Å². The zero-order valence-corrected chi connectivity index (χ0v) is 11.7. The van der Waals surface area contributed by atoms with E-state index in [-0.39, 0.29) is 0 Å². The van der Waals surface area contributed by atoms with Crippen molar-refractivity contribution in [3.8, 4) is 0 Å². The van der Waals surface area contributed by atoms with Gasteiger partial charge in [0.15, 0.2) is 0 Å². The summed E-state index contributed by atoms with van der Waals surface area (Å²) >= 11 is 3.41. The third kappa shape index (κ3) is 3.67. The molecule has 3 heteroatoms. The third-order valence-electron chi connectivity index (χ3n) is 2.78. The average molecular weight is 306 g/mol. The number of hydrogen-bond donors (Lipinski definition) is 1. The van der Waals surface area contributed by atoms with E-state index in [1.165, 1.54) is 5.56 Å². The van der Waals surface area contributed by atoms with Crippen LogP contribution < -0.4 is 5.73 Å². The topological polar surface area (TPSA) is 35.2 Å². The molecule has 0 aliphatic carbocycles. The molecular formula is C15H16BrNO. The van der Waals surface area contributed by atoms with Gasteiger partial charge in [-0.25, -0.2) is 0 Å². The number of hydrogen-bond acceptors (Lipinski definition) is 2.